The molecule has 0 fully saturated rings. The van der Waals surface area contributed by atoms with Crippen LogP contribution >= 0.6 is 0 Å². The molecule has 1 heterocycles. The molecule has 0 aliphatic carbocycles. The van der Waals surface area contributed by atoms with Gasteiger partial charge in [0.2, 0.25) is 0 Å². The Bertz CT molecular complexity index is 474. The largest absolute Gasteiger partial charge is 0.327 e. The maximum Gasteiger partial charge on any atom is 0.0678 e. The van der Waals surface area contributed by atoms with Gasteiger partial charge in [0.25, 0.3) is 0 Å². The number of nitrogens with two attached hydrogens (primary N) is 1. The Hall–Kier alpha value is -1.61. The lowest BCUT2D eigenvalue weighted by Crippen LogP contribution is -2.22. The zero-order chi connectivity index (χ0) is 12.3. The molecule has 90 valence electrons. The molecule has 3 heteroatoms. The van der Waals surface area contributed by atoms with Gasteiger partial charge in [0, 0.05) is 18.4 Å². The first-order valence-corrected chi connectivity index (χ1v) is 6.06. The third kappa shape index (κ3) is 2.74. The lowest BCUT2D eigenvalue weighted by Gasteiger charge is -2.14. The number of hydrogen-bond acceptors (Lipinski definition) is 2. The molecule has 0 aliphatic heterocycles. The summed E-state index contributed by atoms with van der Waals surface area (Å²) in [5.74, 6) is 0. The molecule has 0 saturated carbocycles. The van der Waals surface area contributed by atoms with Gasteiger partial charge in [-0.25, -0.2) is 4.68 Å². The second kappa shape index (κ2) is 5.15. The Morgan fingerprint density at radius 1 is 1.41 bits per heavy atom. The van der Waals surface area contributed by atoms with Crippen LogP contribution in [-0.4, -0.2) is 15.8 Å². The summed E-state index contributed by atoms with van der Waals surface area (Å²) < 4.78 is 1.90. The summed E-state index contributed by atoms with van der Waals surface area (Å²) >= 11 is 0. The van der Waals surface area contributed by atoms with Crippen molar-refractivity contribution in [2.75, 3.05) is 0 Å². The van der Waals surface area contributed by atoms with E-state index in [4.69, 9.17) is 5.73 Å². The minimum Gasteiger partial charge on any atom is -0.327 e. The smallest absolute Gasteiger partial charge is 0.0678 e. The summed E-state index contributed by atoms with van der Waals surface area (Å²) in [6.45, 7) is 4.22. The number of rotatable bonds is 4. The topological polar surface area (TPSA) is 43.8 Å². The highest BCUT2D eigenvalue weighted by atomic mass is 15.3. The molecule has 0 bridgehead atoms. The Balaban J connectivity index is 2.38. The van der Waals surface area contributed by atoms with E-state index in [1.165, 1.54) is 11.1 Å². The van der Waals surface area contributed by atoms with Crippen molar-refractivity contribution in [1.82, 2.24) is 9.78 Å². The third-order valence-corrected chi connectivity index (χ3v) is 2.99. The van der Waals surface area contributed by atoms with E-state index in [9.17, 15) is 0 Å². The predicted octanol–water partition coefficient (Wildman–Crippen LogP) is 2.46. The van der Waals surface area contributed by atoms with Gasteiger partial charge in [-0.2, -0.15) is 5.10 Å². The van der Waals surface area contributed by atoms with Crippen LogP contribution in [0.2, 0.25) is 0 Å². The Morgan fingerprint density at radius 2 is 2.24 bits per heavy atom. The van der Waals surface area contributed by atoms with E-state index in [-0.39, 0.29) is 6.04 Å². The summed E-state index contributed by atoms with van der Waals surface area (Å²) in [6.07, 6.45) is 5.65. The fourth-order valence-corrected chi connectivity index (χ4v) is 1.94. The molecule has 0 amide bonds. The Morgan fingerprint density at radius 3 is 2.88 bits per heavy atom. The maximum absolute atomic E-state index is 6.05. The molecule has 0 saturated heterocycles. The molecule has 0 aliphatic rings. The SMILES string of the molecule is CCC(N)Cc1cc(C)ccc1-n1cccn1. The van der Waals surface area contributed by atoms with Crippen molar-refractivity contribution in [2.24, 2.45) is 5.73 Å². The zero-order valence-corrected chi connectivity index (χ0v) is 10.4. The first-order chi connectivity index (χ1) is 8.20. The molecule has 1 atom stereocenters. The summed E-state index contributed by atoms with van der Waals surface area (Å²) in [5, 5.41) is 4.29. The number of benzene rings is 1. The van der Waals surface area contributed by atoms with Crippen LogP contribution in [0.3, 0.4) is 0 Å². The average molecular weight is 229 g/mol. The van der Waals surface area contributed by atoms with Crippen LogP contribution in [0.5, 0.6) is 0 Å². The Labute approximate surface area is 102 Å². The molecule has 0 spiro atoms. The van der Waals surface area contributed by atoms with E-state index in [0.717, 1.165) is 18.5 Å². The number of hydrogen-bond donors (Lipinski definition) is 1. The van der Waals surface area contributed by atoms with E-state index < -0.39 is 0 Å². The normalized spacial score (nSPS) is 12.6. The van der Waals surface area contributed by atoms with Gasteiger partial charge >= 0.3 is 0 Å². The van der Waals surface area contributed by atoms with Crippen LogP contribution in [0, 0.1) is 6.92 Å². The molecular formula is C14H19N3. The molecule has 17 heavy (non-hydrogen) atoms. The van der Waals surface area contributed by atoms with E-state index in [2.05, 4.69) is 37.1 Å². The summed E-state index contributed by atoms with van der Waals surface area (Å²) in [5.41, 5.74) is 9.71. The minimum atomic E-state index is 0.214. The first-order valence-electron chi connectivity index (χ1n) is 6.06. The minimum absolute atomic E-state index is 0.214. The van der Waals surface area contributed by atoms with E-state index >= 15 is 0 Å². The van der Waals surface area contributed by atoms with Gasteiger partial charge in [0.1, 0.15) is 0 Å². The van der Waals surface area contributed by atoms with E-state index in [0.29, 0.717) is 0 Å². The monoisotopic (exact) mass is 229 g/mol. The average Bonchev–Trinajstić information content (AvgIpc) is 2.82. The Kier molecular flexibility index (Phi) is 3.59. The molecule has 2 rings (SSSR count). The van der Waals surface area contributed by atoms with E-state index in [1.807, 2.05) is 16.9 Å². The molecular weight excluding hydrogens is 210 g/mol. The van der Waals surface area contributed by atoms with E-state index in [1.54, 1.807) is 6.20 Å². The summed E-state index contributed by atoms with van der Waals surface area (Å²) in [6, 6.07) is 8.57. The van der Waals surface area contributed by atoms with Gasteiger partial charge in [-0.3, -0.25) is 0 Å². The van der Waals surface area contributed by atoms with Crippen LogP contribution in [0.1, 0.15) is 24.5 Å². The van der Waals surface area contributed by atoms with Crippen molar-refractivity contribution in [3.63, 3.8) is 0 Å². The predicted molar refractivity (Wildman–Crippen MR) is 70.3 cm³/mol. The van der Waals surface area contributed by atoms with Crippen molar-refractivity contribution in [3.8, 4) is 5.69 Å². The van der Waals surface area contributed by atoms with Gasteiger partial charge in [-0.15, -0.1) is 0 Å². The standard InChI is InChI=1S/C14H19N3/c1-3-13(15)10-12-9-11(2)5-6-14(12)17-8-4-7-16-17/h4-9,13H,3,10,15H2,1-2H3. The van der Waals surface area contributed by atoms with Gasteiger partial charge in [-0.1, -0.05) is 24.6 Å². The highest BCUT2D eigenvalue weighted by molar-refractivity contribution is 5.43. The van der Waals surface area contributed by atoms with Gasteiger partial charge in [0.05, 0.1) is 5.69 Å². The van der Waals surface area contributed by atoms with Crippen molar-refractivity contribution in [2.45, 2.75) is 32.7 Å². The molecule has 1 aromatic carbocycles. The second-order valence-electron chi connectivity index (χ2n) is 4.46. The van der Waals surface area contributed by atoms with Gasteiger partial charge < -0.3 is 5.73 Å². The van der Waals surface area contributed by atoms with Crippen LogP contribution in [0.25, 0.3) is 5.69 Å². The molecule has 2 aromatic rings. The molecule has 1 aromatic heterocycles. The quantitative estimate of drug-likeness (QED) is 0.875. The van der Waals surface area contributed by atoms with Gasteiger partial charge in [0.15, 0.2) is 0 Å². The molecule has 1 unspecified atom stereocenters. The maximum atomic E-state index is 6.05. The van der Waals surface area contributed by atoms with Crippen molar-refractivity contribution < 1.29 is 0 Å². The highest BCUT2D eigenvalue weighted by Gasteiger charge is 2.08. The zero-order valence-electron chi connectivity index (χ0n) is 10.4. The van der Waals surface area contributed by atoms with Gasteiger partial charge in [-0.05, 0) is 37.5 Å². The van der Waals surface area contributed by atoms with Crippen molar-refractivity contribution in [3.05, 3.63) is 47.8 Å². The number of aromatic nitrogens is 2. The molecule has 3 nitrogen and oxygen atoms in total. The number of nitrogens with zero attached hydrogens (tertiary/aromatic N) is 2. The van der Waals surface area contributed by atoms with Crippen LogP contribution in [-0.2, 0) is 6.42 Å². The van der Waals surface area contributed by atoms with Crippen molar-refractivity contribution >= 4 is 0 Å². The second-order valence-corrected chi connectivity index (χ2v) is 4.46. The van der Waals surface area contributed by atoms with Crippen LogP contribution < -0.4 is 5.73 Å². The lowest BCUT2D eigenvalue weighted by molar-refractivity contribution is 0.642. The highest BCUT2D eigenvalue weighted by Crippen LogP contribution is 2.17. The van der Waals surface area contributed by atoms with Crippen molar-refractivity contribution in [1.29, 1.82) is 0 Å². The van der Waals surface area contributed by atoms with Crippen LogP contribution in [0.15, 0.2) is 36.7 Å². The van der Waals surface area contributed by atoms with Crippen LogP contribution in [0.4, 0.5) is 0 Å². The number of aryl methyl sites for hydroxylation is 1. The summed E-state index contributed by atoms with van der Waals surface area (Å²) in [4.78, 5) is 0. The molecule has 0 radical (unpaired) electrons. The molecule has 2 N–H and O–H groups in total. The third-order valence-electron chi connectivity index (χ3n) is 2.99. The lowest BCUT2D eigenvalue weighted by atomic mass is 10.0. The first kappa shape index (κ1) is 11.9. The fourth-order valence-electron chi connectivity index (χ4n) is 1.94. The fraction of sp³-hybridized carbons (Fsp3) is 0.357. The summed E-state index contributed by atoms with van der Waals surface area (Å²) in [7, 11) is 0.